The van der Waals surface area contributed by atoms with Gasteiger partial charge in [0, 0.05) is 18.7 Å². The molecule has 0 radical (unpaired) electrons. The van der Waals surface area contributed by atoms with Gasteiger partial charge in [0.15, 0.2) is 10.8 Å². The molecule has 1 atom stereocenters. The first-order valence-corrected chi connectivity index (χ1v) is 9.07. The number of carbonyl (C=O) groups is 2. The number of hydrogen-bond donors (Lipinski definition) is 1. The van der Waals surface area contributed by atoms with Crippen molar-refractivity contribution in [1.29, 1.82) is 0 Å². The summed E-state index contributed by atoms with van der Waals surface area (Å²) in [4.78, 5) is 31.0. The molecule has 1 unspecified atom stereocenters. The lowest BCUT2D eigenvalue weighted by atomic mass is 10.1. The van der Waals surface area contributed by atoms with E-state index in [0.717, 1.165) is 5.56 Å². The van der Waals surface area contributed by atoms with Crippen molar-refractivity contribution < 1.29 is 19.1 Å². The van der Waals surface area contributed by atoms with Crippen molar-refractivity contribution >= 4 is 48.0 Å². The van der Waals surface area contributed by atoms with Gasteiger partial charge in [-0.05, 0) is 18.6 Å². The molecule has 2 aromatic heterocycles. The summed E-state index contributed by atoms with van der Waals surface area (Å²) in [6.45, 7) is 0.675. The van der Waals surface area contributed by atoms with Crippen molar-refractivity contribution in [3.8, 4) is 22.0 Å². The molecule has 3 heterocycles. The number of carboxylic acid groups (broad SMARTS) is 1. The first-order chi connectivity index (χ1) is 12.6. The number of hydrogen-bond acceptors (Lipinski definition) is 5. The van der Waals surface area contributed by atoms with Crippen LogP contribution in [0.3, 0.4) is 0 Å². The van der Waals surface area contributed by atoms with Gasteiger partial charge in [-0.3, -0.25) is 9.59 Å². The van der Waals surface area contributed by atoms with E-state index in [1.165, 1.54) is 11.3 Å². The maximum Gasteiger partial charge on any atom is 0.308 e. The van der Waals surface area contributed by atoms with Crippen LogP contribution in [0.1, 0.15) is 16.1 Å². The van der Waals surface area contributed by atoms with Gasteiger partial charge in [0.25, 0.3) is 5.91 Å². The normalized spacial score (nSPS) is 15.6. The predicted molar refractivity (Wildman–Crippen MR) is 111 cm³/mol. The molecule has 0 bridgehead atoms. The fourth-order valence-corrected chi connectivity index (χ4v) is 4.08. The summed E-state index contributed by atoms with van der Waals surface area (Å²) in [6, 6.07) is 13.1. The number of halogens is 2. The van der Waals surface area contributed by atoms with Crippen LogP contribution in [0.4, 0.5) is 0 Å². The van der Waals surface area contributed by atoms with Crippen molar-refractivity contribution in [2.75, 3.05) is 13.1 Å². The number of aromatic nitrogens is 1. The third-order valence-corrected chi connectivity index (χ3v) is 5.48. The Morgan fingerprint density at radius 3 is 2.50 bits per heavy atom. The molecule has 1 aromatic carbocycles. The Bertz CT molecular complexity index is 944. The molecule has 148 valence electrons. The maximum atomic E-state index is 13.1. The first-order valence-electron chi connectivity index (χ1n) is 8.25. The minimum Gasteiger partial charge on any atom is -0.481 e. The fraction of sp³-hybridized carbons (Fsp3) is 0.211. The summed E-state index contributed by atoms with van der Waals surface area (Å²) in [5, 5.41) is 9.82. The van der Waals surface area contributed by atoms with Crippen LogP contribution < -0.4 is 0 Å². The van der Waals surface area contributed by atoms with Crippen molar-refractivity contribution in [1.82, 2.24) is 9.88 Å². The molecule has 3 aromatic rings. The number of furan rings is 1. The zero-order valence-electron chi connectivity index (χ0n) is 14.6. The second-order valence-electron chi connectivity index (χ2n) is 6.12. The third-order valence-electron chi connectivity index (χ3n) is 4.43. The largest absolute Gasteiger partial charge is 0.481 e. The van der Waals surface area contributed by atoms with Crippen molar-refractivity contribution in [2.45, 2.75) is 6.42 Å². The summed E-state index contributed by atoms with van der Waals surface area (Å²) in [7, 11) is 0. The molecule has 1 saturated heterocycles. The Morgan fingerprint density at radius 1 is 1.14 bits per heavy atom. The van der Waals surface area contributed by atoms with Gasteiger partial charge in [-0.25, -0.2) is 4.98 Å². The van der Waals surface area contributed by atoms with Gasteiger partial charge in [-0.1, -0.05) is 30.3 Å². The Morgan fingerprint density at radius 2 is 1.89 bits per heavy atom. The molecule has 28 heavy (non-hydrogen) atoms. The number of rotatable bonds is 4. The highest BCUT2D eigenvalue weighted by Gasteiger charge is 2.33. The fourth-order valence-electron chi connectivity index (χ4n) is 3.05. The number of aliphatic carboxylic acids is 1. The Hall–Kier alpha value is -2.35. The van der Waals surface area contributed by atoms with E-state index < -0.39 is 11.9 Å². The summed E-state index contributed by atoms with van der Waals surface area (Å²) in [5.41, 5.74) is 1.45. The van der Waals surface area contributed by atoms with Crippen LogP contribution in [0, 0.1) is 5.92 Å². The van der Waals surface area contributed by atoms with E-state index in [0.29, 0.717) is 34.3 Å². The van der Waals surface area contributed by atoms with Gasteiger partial charge in [-0.15, -0.1) is 36.2 Å². The lowest BCUT2D eigenvalue weighted by Crippen LogP contribution is -2.29. The zero-order chi connectivity index (χ0) is 18.1. The monoisotopic (exact) mass is 440 g/mol. The van der Waals surface area contributed by atoms with Crippen LogP contribution in [0.25, 0.3) is 22.0 Å². The van der Waals surface area contributed by atoms with E-state index in [1.54, 1.807) is 23.3 Å². The van der Waals surface area contributed by atoms with Crippen LogP contribution >= 0.6 is 36.2 Å². The lowest BCUT2D eigenvalue weighted by Gasteiger charge is -2.15. The van der Waals surface area contributed by atoms with E-state index >= 15 is 0 Å². The molecule has 1 aliphatic rings. The average molecular weight is 441 g/mol. The number of thiazole rings is 1. The topological polar surface area (TPSA) is 83.6 Å². The van der Waals surface area contributed by atoms with Gasteiger partial charge in [0.1, 0.15) is 4.88 Å². The molecule has 1 N–H and O–H groups in total. The van der Waals surface area contributed by atoms with Gasteiger partial charge in [-0.2, -0.15) is 0 Å². The highest BCUT2D eigenvalue weighted by atomic mass is 35.5. The van der Waals surface area contributed by atoms with E-state index in [2.05, 4.69) is 4.98 Å². The molecule has 6 nitrogen and oxygen atoms in total. The molecule has 1 fully saturated rings. The standard InChI is InChI=1S/C19H16N2O4S.2ClH/c22-18(21-9-8-13(11-21)19(23)24)16-15(12-5-2-1-3-6-12)20-17(26-16)14-7-4-10-25-14;;/h1-7,10,13H,8-9,11H2,(H,23,24);2*1H. The molecule has 9 heteroatoms. The molecule has 0 saturated carbocycles. The Balaban J connectivity index is 0.00000140. The lowest BCUT2D eigenvalue weighted by molar-refractivity contribution is -0.141. The third kappa shape index (κ3) is 4.22. The van der Waals surface area contributed by atoms with Crippen LogP contribution in [0.2, 0.25) is 0 Å². The first kappa shape index (κ1) is 21.9. The highest BCUT2D eigenvalue weighted by Crippen LogP contribution is 2.35. The number of carbonyl (C=O) groups excluding carboxylic acids is 1. The van der Waals surface area contributed by atoms with Crippen LogP contribution in [0.15, 0.2) is 53.1 Å². The molecule has 4 rings (SSSR count). The minimum absolute atomic E-state index is 0. The zero-order valence-corrected chi connectivity index (χ0v) is 17.1. The van der Waals surface area contributed by atoms with Crippen LogP contribution in [0.5, 0.6) is 0 Å². The van der Waals surface area contributed by atoms with Crippen LogP contribution in [-0.4, -0.2) is 40.0 Å². The smallest absolute Gasteiger partial charge is 0.308 e. The molecule has 1 aliphatic heterocycles. The maximum absolute atomic E-state index is 13.1. The number of carboxylic acids is 1. The van der Waals surface area contributed by atoms with E-state index in [1.807, 2.05) is 30.3 Å². The Kier molecular flexibility index (Phi) is 7.23. The quantitative estimate of drug-likeness (QED) is 0.647. The van der Waals surface area contributed by atoms with Gasteiger partial charge < -0.3 is 14.4 Å². The highest BCUT2D eigenvalue weighted by molar-refractivity contribution is 7.17. The predicted octanol–water partition coefficient (Wildman–Crippen LogP) is 4.46. The molecular formula is C19H18Cl2N2O4S. The molecule has 0 spiro atoms. The summed E-state index contributed by atoms with van der Waals surface area (Å²) in [5.74, 6) is -0.931. The Labute approximate surface area is 178 Å². The second kappa shape index (κ2) is 9.23. The van der Waals surface area contributed by atoms with E-state index in [-0.39, 0.29) is 37.3 Å². The van der Waals surface area contributed by atoms with Gasteiger partial charge in [0.05, 0.1) is 17.9 Å². The number of amides is 1. The van der Waals surface area contributed by atoms with Gasteiger partial charge >= 0.3 is 5.97 Å². The minimum atomic E-state index is -0.857. The number of nitrogens with zero attached hydrogens (tertiary/aromatic N) is 2. The number of likely N-dealkylation sites (tertiary alicyclic amines) is 1. The average Bonchev–Trinajstić information content (AvgIpc) is 3.41. The second-order valence-corrected chi connectivity index (χ2v) is 7.11. The van der Waals surface area contributed by atoms with Crippen molar-refractivity contribution in [3.05, 3.63) is 53.6 Å². The van der Waals surface area contributed by atoms with Gasteiger partial charge in [0.2, 0.25) is 0 Å². The van der Waals surface area contributed by atoms with Crippen LogP contribution in [-0.2, 0) is 4.79 Å². The summed E-state index contributed by atoms with van der Waals surface area (Å²) >= 11 is 1.27. The van der Waals surface area contributed by atoms with Crippen molar-refractivity contribution in [3.63, 3.8) is 0 Å². The van der Waals surface area contributed by atoms with E-state index in [4.69, 9.17) is 4.42 Å². The molecule has 1 amide bonds. The summed E-state index contributed by atoms with van der Waals surface area (Å²) < 4.78 is 5.42. The van der Waals surface area contributed by atoms with Crippen molar-refractivity contribution in [2.24, 2.45) is 5.92 Å². The number of benzene rings is 1. The van der Waals surface area contributed by atoms with E-state index in [9.17, 15) is 14.7 Å². The SMILES string of the molecule is Cl.Cl.O=C(O)C1CCN(C(=O)c2sc(-c3ccco3)nc2-c2ccccc2)C1. The molecular weight excluding hydrogens is 423 g/mol. The summed E-state index contributed by atoms with van der Waals surface area (Å²) in [6.07, 6.45) is 2.05. The molecule has 0 aliphatic carbocycles.